The first-order chi connectivity index (χ1) is 12.5. The van der Waals surface area contributed by atoms with Crippen molar-refractivity contribution in [3.63, 3.8) is 0 Å². The number of nitrogens with one attached hydrogen (secondary N) is 1. The van der Waals surface area contributed by atoms with E-state index in [-0.39, 0.29) is 6.42 Å². The highest BCUT2D eigenvalue weighted by Crippen LogP contribution is 2.31. The van der Waals surface area contributed by atoms with Crippen LogP contribution in [0.15, 0.2) is 70.9 Å². The Hall–Kier alpha value is -2.12. The molecule has 3 rings (SSSR count). The highest BCUT2D eigenvalue weighted by molar-refractivity contribution is 7.89. The summed E-state index contributed by atoms with van der Waals surface area (Å²) in [4.78, 5) is 12.8. The molecule has 0 radical (unpaired) electrons. The summed E-state index contributed by atoms with van der Waals surface area (Å²) in [5.74, 6) is -0.932. The van der Waals surface area contributed by atoms with Gasteiger partial charge in [-0.25, -0.2) is 0 Å². The first-order valence-corrected chi connectivity index (χ1v) is 10.2. The lowest BCUT2D eigenvalue weighted by Gasteiger charge is -2.17. The molecule has 0 fully saturated rings. The molecule has 0 spiro atoms. The molecule has 0 saturated heterocycles. The van der Waals surface area contributed by atoms with Crippen LogP contribution in [-0.4, -0.2) is 15.6 Å². The number of carboxylic acids is 1. The van der Waals surface area contributed by atoms with Crippen LogP contribution in [-0.2, 0) is 16.2 Å². The van der Waals surface area contributed by atoms with E-state index in [0.29, 0.717) is 4.90 Å². The normalized spacial score (nSPS) is 13.3. The van der Waals surface area contributed by atoms with Gasteiger partial charge in [0.2, 0.25) is 0 Å². The zero-order valence-electron chi connectivity index (χ0n) is 14.2. The molecule has 2 unspecified atom stereocenters. The lowest BCUT2D eigenvalue weighted by Crippen LogP contribution is -2.29. The quantitative estimate of drug-likeness (QED) is 0.585. The van der Waals surface area contributed by atoms with Gasteiger partial charge in [0.15, 0.2) is 4.90 Å². The van der Waals surface area contributed by atoms with Crippen molar-refractivity contribution in [1.82, 2.24) is 4.72 Å². The van der Waals surface area contributed by atoms with Crippen molar-refractivity contribution in [2.75, 3.05) is 0 Å². The number of aryl methyl sites for hydroxylation is 1. The number of benzene rings is 2. The molecule has 1 aromatic heterocycles. The van der Waals surface area contributed by atoms with Gasteiger partial charge in [-0.3, -0.25) is 4.79 Å². The molecule has 1 heterocycles. The van der Waals surface area contributed by atoms with Crippen LogP contribution in [0.3, 0.4) is 0 Å². The van der Waals surface area contributed by atoms with Crippen LogP contribution >= 0.6 is 11.3 Å². The molecule has 4 nitrogen and oxygen atoms in total. The van der Waals surface area contributed by atoms with E-state index in [1.54, 1.807) is 12.1 Å². The molecule has 0 aliphatic carbocycles. The third-order valence-electron chi connectivity index (χ3n) is 3.93. The molecular formula is C20H19NO3S2. The van der Waals surface area contributed by atoms with Gasteiger partial charge < -0.3 is 9.66 Å². The van der Waals surface area contributed by atoms with E-state index in [9.17, 15) is 14.5 Å². The van der Waals surface area contributed by atoms with Crippen LogP contribution in [0, 0.1) is 6.92 Å². The third-order valence-corrected chi connectivity index (χ3v) is 6.18. The van der Waals surface area contributed by atoms with Crippen molar-refractivity contribution in [3.05, 3.63) is 76.5 Å². The van der Waals surface area contributed by atoms with E-state index in [0.717, 1.165) is 21.6 Å². The van der Waals surface area contributed by atoms with Crippen molar-refractivity contribution < 1.29 is 14.5 Å². The fourth-order valence-corrected chi connectivity index (χ4v) is 4.58. The minimum Gasteiger partial charge on any atom is -0.593 e. The Bertz CT molecular complexity index is 862. The monoisotopic (exact) mass is 385 g/mol. The van der Waals surface area contributed by atoms with Gasteiger partial charge in [-0.05, 0) is 41.6 Å². The van der Waals surface area contributed by atoms with Gasteiger partial charge in [-0.2, -0.15) is 0 Å². The van der Waals surface area contributed by atoms with E-state index in [1.165, 1.54) is 11.3 Å². The molecule has 2 atom stereocenters. The van der Waals surface area contributed by atoms with Crippen LogP contribution in [0.5, 0.6) is 0 Å². The van der Waals surface area contributed by atoms with Crippen molar-refractivity contribution in [3.8, 4) is 11.1 Å². The summed E-state index contributed by atoms with van der Waals surface area (Å²) in [7, 11) is 0. The average Bonchev–Trinajstić information content (AvgIpc) is 3.12. The molecule has 0 aliphatic heterocycles. The maximum atomic E-state index is 12.6. The molecule has 0 bridgehead atoms. The van der Waals surface area contributed by atoms with Crippen molar-refractivity contribution in [1.29, 1.82) is 0 Å². The summed E-state index contributed by atoms with van der Waals surface area (Å²) in [5.41, 5.74) is 3.19. The molecule has 26 heavy (non-hydrogen) atoms. The second kappa shape index (κ2) is 8.51. The fourth-order valence-electron chi connectivity index (χ4n) is 2.55. The molecule has 134 valence electrons. The minimum absolute atomic E-state index is 0.133. The van der Waals surface area contributed by atoms with E-state index >= 15 is 0 Å². The topological polar surface area (TPSA) is 72.4 Å². The summed E-state index contributed by atoms with van der Waals surface area (Å²) in [6, 6.07) is 18.7. The second-order valence-electron chi connectivity index (χ2n) is 5.95. The van der Waals surface area contributed by atoms with Crippen molar-refractivity contribution in [2.45, 2.75) is 24.3 Å². The second-order valence-corrected chi connectivity index (χ2v) is 8.14. The first kappa shape index (κ1) is 18.7. The standard InChI is InChI=1S/C20H19NO3S2/c1-14-7-9-17(10-8-14)26(24)21-18(12-20(22)23)19-11-16(13-25-19)15-5-3-2-4-6-15/h2-11,13,18,21H,12H2,1H3,(H,22,23). The van der Waals surface area contributed by atoms with Gasteiger partial charge in [0.25, 0.3) is 0 Å². The van der Waals surface area contributed by atoms with E-state index in [1.807, 2.05) is 60.8 Å². The summed E-state index contributed by atoms with van der Waals surface area (Å²) < 4.78 is 15.6. The van der Waals surface area contributed by atoms with Crippen LogP contribution < -0.4 is 4.72 Å². The molecule has 0 saturated carbocycles. The Balaban J connectivity index is 1.81. The zero-order valence-corrected chi connectivity index (χ0v) is 15.8. The predicted molar refractivity (Wildman–Crippen MR) is 105 cm³/mol. The van der Waals surface area contributed by atoms with E-state index in [2.05, 4.69) is 4.72 Å². The number of hydrogen-bond acceptors (Lipinski definition) is 4. The molecular weight excluding hydrogens is 366 g/mol. The summed E-state index contributed by atoms with van der Waals surface area (Å²) >= 11 is -0.00674. The van der Waals surface area contributed by atoms with Gasteiger partial charge in [-0.15, -0.1) is 16.1 Å². The SMILES string of the molecule is Cc1ccc([S+]([O-])NC(CC(=O)O)c2cc(-c3ccccc3)cs2)cc1. The molecule has 2 aromatic carbocycles. The number of aliphatic carboxylic acids is 1. The Kier molecular flexibility index (Phi) is 6.11. The number of hydrogen-bond donors (Lipinski definition) is 2. The average molecular weight is 386 g/mol. The predicted octanol–water partition coefficient (Wildman–Crippen LogP) is 4.55. The summed E-state index contributed by atoms with van der Waals surface area (Å²) in [6.45, 7) is 1.96. The Morgan fingerprint density at radius 2 is 1.85 bits per heavy atom. The molecule has 3 aromatic rings. The van der Waals surface area contributed by atoms with Crippen LogP contribution in [0.4, 0.5) is 0 Å². The Morgan fingerprint density at radius 3 is 2.50 bits per heavy atom. The summed E-state index contributed by atoms with van der Waals surface area (Å²) in [5, 5.41) is 11.3. The number of rotatable bonds is 7. The number of thiophene rings is 1. The Labute approximate surface area is 159 Å². The van der Waals surface area contributed by atoms with Crippen LogP contribution in [0.25, 0.3) is 11.1 Å². The molecule has 0 aliphatic rings. The van der Waals surface area contributed by atoms with Crippen LogP contribution in [0.1, 0.15) is 22.9 Å². The fraction of sp³-hybridized carbons (Fsp3) is 0.150. The lowest BCUT2D eigenvalue weighted by atomic mass is 10.1. The maximum absolute atomic E-state index is 12.6. The smallest absolute Gasteiger partial charge is 0.305 e. The highest BCUT2D eigenvalue weighted by Gasteiger charge is 2.24. The van der Waals surface area contributed by atoms with Crippen LogP contribution in [0.2, 0.25) is 0 Å². The van der Waals surface area contributed by atoms with Gasteiger partial charge in [0.1, 0.15) is 0 Å². The molecule has 2 N–H and O–H groups in total. The van der Waals surface area contributed by atoms with Gasteiger partial charge in [0, 0.05) is 4.88 Å². The lowest BCUT2D eigenvalue weighted by molar-refractivity contribution is -0.137. The van der Waals surface area contributed by atoms with E-state index in [4.69, 9.17) is 0 Å². The largest absolute Gasteiger partial charge is 0.593 e. The minimum atomic E-state index is -1.48. The summed E-state index contributed by atoms with van der Waals surface area (Å²) in [6.07, 6.45) is -0.133. The van der Waals surface area contributed by atoms with Gasteiger partial charge in [0.05, 0.1) is 23.8 Å². The maximum Gasteiger partial charge on any atom is 0.305 e. The number of carbonyl (C=O) groups is 1. The molecule has 0 amide bonds. The Morgan fingerprint density at radius 1 is 1.15 bits per heavy atom. The van der Waals surface area contributed by atoms with Gasteiger partial charge in [-0.1, -0.05) is 48.0 Å². The molecule has 6 heteroatoms. The zero-order chi connectivity index (χ0) is 18.5. The van der Waals surface area contributed by atoms with Crippen molar-refractivity contribution >= 4 is 28.7 Å². The van der Waals surface area contributed by atoms with E-state index < -0.39 is 23.4 Å². The third kappa shape index (κ3) is 4.74. The highest BCUT2D eigenvalue weighted by atomic mass is 32.2. The van der Waals surface area contributed by atoms with Gasteiger partial charge >= 0.3 is 5.97 Å². The van der Waals surface area contributed by atoms with Crippen molar-refractivity contribution in [2.24, 2.45) is 0 Å². The number of carboxylic acid groups (broad SMARTS) is 1. The first-order valence-electron chi connectivity index (χ1n) is 8.13.